The van der Waals surface area contributed by atoms with E-state index >= 15 is 0 Å². The SMILES string of the molecule is [2H]C([2H])([2H])C1NC(C)(C)CO1. The van der Waals surface area contributed by atoms with Crippen LogP contribution in [0.3, 0.4) is 0 Å². The molecule has 0 aromatic carbocycles. The molecular weight excluding hydrogens is 102 g/mol. The van der Waals surface area contributed by atoms with Crippen molar-refractivity contribution in [3.63, 3.8) is 0 Å². The highest BCUT2D eigenvalue weighted by Gasteiger charge is 2.27. The van der Waals surface area contributed by atoms with E-state index < -0.39 is 13.1 Å². The van der Waals surface area contributed by atoms with Crippen LogP contribution in [-0.4, -0.2) is 18.4 Å². The fraction of sp³-hybridized carbons (Fsp3) is 1.00. The average molecular weight is 118 g/mol. The van der Waals surface area contributed by atoms with Crippen molar-refractivity contribution < 1.29 is 8.85 Å². The van der Waals surface area contributed by atoms with Crippen LogP contribution in [-0.2, 0) is 4.74 Å². The van der Waals surface area contributed by atoms with Crippen molar-refractivity contribution >= 4 is 0 Å². The second-order valence-corrected chi connectivity index (χ2v) is 2.72. The lowest BCUT2D eigenvalue weighted by Crippen LogP contribution is -2.37. The third kappa shape index (κ3) is 1.20. The summed E-state index contributed by atoms with van der Waals surface area (Å²) in [5, 5.41) is 2.89. The minimum absolute atomic E-state index is 0.209. The van der Waals surface area contributed by atoms with E-state index in [1.165, 1.54) is 0 Å². The summed E-state index contributed by atoms with van der Waals surface area (Å²) >= 11 is 0. The molecule has 0 aromatic heterocycles. The van der Waals surface area contributed by atoms with Crippen LogP contribution in [0, 0.1) is 0 Å². The van der Waals surface area contributed by atoms with E-state index in [1.807, 2.05) is 13.8 Å². The third-order valence-corrected chi connectivity index (χ3v) is 1.13. The van der Waals surface area contributed by atoms with Gasteiger partial charge in [-0.1, -0.05) is 0 Å². The molecule has 1 heterocycles. The Bertz CT molecular complexity index is 154. The van der Waals surface area contributed by atoms with Gasteiger partial charge in [-0.05, 0) is 20.7 Å². The van der Waals surface area contributed by atoms with Crippen LogP contribution in [0.1, 0.15) is 24.8 Å². The zero-order valence-electron chi connectivity index (χ0n) is 8.19. The van der Waals surface area contributed by atoms with Crippen LogP contribution in [0.4, 0.5) is 0 Å². The number of nitrogens with one attached hydrogen (secondary N) is 1. The molecule has 1 fully saturated rings. The summed E-state index contributed by atoms with van der Waals surface area (Å²) < 4.78 is 26.2. The molecular formula is C6H13NO. The predicted octanol–water partition coefficient (Wildman–Crippen LogP) is 0.731. The van der Waals surface area contributed by atoms with Crippen LogP contribution in [0.5, 0.6) is 0 Å². The van der Waals surface area contributed by atoms with Gasteiger partial charge in [0, 0.05) is 9.65 Å². The fourth-order valence-corrected chi connectivity index (χ4v) is 0.730. The van der Waals surface area contributed by atoms with Gasteiger partial charge in [0.2, 0.25) is 0 Å². The number of hydrogen-bond donors (Lipinski definition) is 1. The molecule has 48 valence electrons. The standard InChI is InChI=1S/C6H13NO/c1-5-7-6(2,3)4-8-5/h5,7H,4H2,1-3H3/i1D3. The van der Waals surface area contributed by atoms with E-state index in [-0.39, 0.29) is 5.54 Å². The summed E-state index contributed by atoms with van der Waals surface area (Å²) in [5.74, 6) is 0. The van der Waals surface area contributed by atoms with Crippen molar-refractivity contribution in [1.29, 1.82) is 0 Å². The van der Waals surface area contributed by atoms with Gasteiger partial charge < -0.3 is 4.74 Å². The topological polar surface area (TPSA) is 21.3 Å². The Hall–Kier alpha value is -0.0800. The average Bonchev–Trinajstić information content (AvgIpc) is 2.07. The maximum Gasteiger partial charge on any atom is 0.105 e. The van der Waals surface area contributed by atoms with Crippen LogP contribution >= 0.6 is 0 Å². The molecule has 0 amide bonds. The van der Waals surface area contributed by atoms with E-state index in [2.05, 4.69) is 5.32 Å². The molecule has 0 aliphatic carbocycles. The summed E-state index contributed by atoms with van der Waals surface area (Å²) in [7, 11) is 0. The van der Waals surface area contributed by atoms with Crippen LogP contribution < -0.4 is 5.32 Å². The van der Waals surface area contributed by atoms with Crippen molar-refractivity contribution in [2.75, 3.05) is 6.61 Å². The van der Waals surface area contributed by atoms with Crippen molar-refractivity contribution in [3.05, 3.63) is 0 Å². The van der Waals surface area contributed by atoms with Gasteiger partial charge in [0.15, 0.2) is 0 Å². The molecule has 8 heavy (non-hydrogen) atoms. The molecule has 0 bridgehead atoms. The second-order valence-electron chi connectivity index (χ2n) is 2.72. The molecule has 1 aliphatic heterocycles. The molecule has 1 N–H and O–H groups in total. The largest absolute Gasteiger partial charge is 0.362 e. The molecule has 0 spiro atoms. The van der Waals surface area contributed by atoms with Crippen molar-refractivity contribution in [1.82, 2.24) is 5.32 Å². The summed E-state index contributed by atoms with van der Waals surface area (Å²) in [4.78, 5) is 0. The lowest BCUT2D eigenvalue weighted by molar-refractivity contribution is 0.113. The minimum atomic E-state index is -2.05. The molecule has 2 nitrogen and oxygen atoms in total. The predicted molar refractivity (Wildman–Crippen MR) is 32.6 cm³/mol. The first-order valence-corrected chi connectivity index (χ1v) is 2.71. The Labute approximate surface area is 54.4 Å². The van der Waals surface area contributed by atoms with Crippen molar-refractivity contribution in [2.45, 2.75) is 32.5 Å². The van der Waals surface area contributed by atoms with Gasteiger partial charge in [-0.25, -0.2) is 0 Å². The fourth-order valence-electron chi connectivity index (χ4n) is 0.730. The highest BCUT2D eigenvalue weighted by atomic mass is 16.5. The maximum absolute atomic E-state index is 7.05. The molecule has 0 radical (unpaired) electrons. The van der Waals surface area contributed by atoms with Gasteiger partial charge in [0.1, 0.15) is 6.23 Å². The van der Waals surface area contributed by atoms with E-state index in [0.29, 0.717) is 6.61 Å². The van der Waals surface area contributed by atoms with Gasteiger partial charge >= 0.3 is 0 Å². The van der Waals surface area contributed by atoms with Gasteiger partial charge in [0.05, 0.1) is 6.61 Å². The molecule has 1 aliphatic rings. The zero-order chi connectivity index (χ0) is 8.70. The van der Waals surface area contributed by atoms with E-state index in [4.69, 9.17) is 8.85 Å². The third-order valence-electron chi connectivity index (χ3n) is 1.13. The van der Waals surface area contributed by atoms with Crippen LogP contribution in [0.15, 0.2) is 0 Å². The molecule has 2 heteroatoms. The summed E-state index contributed by atoms with van der Waals surface area (Å²) in [6.07, 6.45) is -0.794. The van der Waals surface area contributed by atoms with Gasteiger partial charge in [-0.15, -0.1) is 0 Å². The Morgan fingerprint density at radius 1 is 1.88 bits per heavy atom. The lowest BCUT2D eigenvalue weighted by Gasteiger charge is -2.14. The first-order valence-electron chi connectivity index (χ1n) is 4.21. The number of rotatable bonds is 0. The summed E-state index contributed by atoms with van der Waals surface area (Å²) in [5.41, 5.74) is -0.209. The molecule has 0 saturated carbocycles. The smallest absolute Gasteiger partial charge is 0.105 e. The molecule has 1 unspecified atom stereocenters. The zero-order valence-corrected chi connectivity index (χ0v) is 5.19. The monoisotopic (exact) mass is 118 g/mol. The van der Waals surface area contributed by atoms with Gasteiger partial charge in [-0.2, -0.15) is 0 Å². The maximum atomic E-state index is 7.05. The second kappa shape index (κ2) is 1.71. The molecule has 0 aromatic rings. The summed E-state index contributed by atoms with van der Waals surface area (Å²) in [6.45, 7) is 2.24. The Kier molecular flexibility index (Phi) is 0.679. The van der Waals surface area contributed by atoms with E-state index in [9.17, 15) is 0 Å². The molecule has 1 saturated heterocycles. The van der Waals surface area contributed by atoms with Crippen LogP contribution in [0.25, 0.3) is 0 Å². The number of hydrogen-bond acceptors (Lipinski definition) is 2. The normalized spacial score (nSPS) is 42.8. The van der Waals surface area contributed by atoms with Crippen molar-refractivity contribution in [2.24, 2.45) is 0 Å². The summed E-state index contributed by atoms with van der Waals surface area (Å²) in [6, 6.07) is 0. The van der Waals surface area contributed by atoms with Crippen LogP contribution in [0.2, 0.25) is 0 Å². The minimum Gasteiger partial charge on any atom is -0.362 e. The molecule has 1 rings (SSSR count). The Morgan fingerprint density at radius 2 is 2.62 bits per heavy atom. The van der Waals surface area contributed by atoms with Gasteiger partial charge in [-0.3, -0.25) is 5.32 Å². The number of ether oxygens (including phenoxy) is 1. The van der Waals surface area contributed by atoms with Gasteiger partial charge in [0.25, 0.3) is 0 Å². The highest BCUT2D eigenvalue weighted by Crippen LogP contribution is 2.12. The molecule has 1 atom stereocenters. The van der Waals surface area contributed by atoms with Crippen molar-refractivity contribution in [3.8, 4) is 0 Å². The lowest BCUT2D eigenvalue weighted by atomic mass is 10.1. The first-order chi connectivity index (χ1) is 4.81. The highest BCUT2D eigenvalue weighted by molar-refractivity contribution is 4.82. The van der Waals surface area contributed by atoms with E-state index in [0.717, 1.165) is 0 Å². The first kappa shape index (κ1) is 3.18. The quantitative estimate of drug-likeness (QED) is 0.506. The Balaban J connectivity index is 2.55. The van der Waals surface area contributed by atoms with E-state index in [1.54, 1.807) is 0 Å². The Morgan fingerprint density at radius 3 is 2.88 bits per heavy atom.